The van der Waals surface area contributed by atoms with Crippen molar-refractivity contribution in [2.75, 3.05) is 29.9 Å². The summed E-state index contributed by atoms with van der Waals surface area (Å²) in [6.45, 7) is 3.29. The lowest BCUT2D eigenvalue weighted by atomic mass is 9.99. The Kier molecular flexibility index (Phi) is 5.10. The zero-order chi connectivity index (χ0) is 21.4. The number of ether oxygens (including phenoxy) is 1. The predicted octanol–water partition coefficient (Wildman–Crippen LogP) is 1.79. The number of fused-ring (bicyclic) bond motifs is 1. The van der Waals surface area contributed by atoms with E-state index < -0.39 is 0 Å². The minimum atomic E-state index is -0.321. The molecule has 0 radical (unpaired) electrons. The highest BCUT2D eigenvalue weighted by Crippen LogP contribution is 2.39. The molecule has 0 spiro atoms. The molecule has 1 fully saturated rings. The Labute approximate surface area is 182 Å². The molecule has 1 amide bonds. The molecule has 0 saturated carbocycles. The van der Waals surface area contributed by atoms with Crippen molar-refractivity contribution in [1.82, 2.24) is 24.5 Å². The maximum atomic E-state index is 12.7. The van der Waals surface area contributed by atoms with Gasteiger partial charge in [-0.15, -0.1) is 11.3 Å². The van der Waals surface area contributed by atoms with Gasteiger partial charge >= 0.3 is 5.97 Å². The van der Waals surface area contributed by atoms with Crippen molar-refractivity contribution in [2.24, 2.45) is 5.92 Å². The van der Waals surface area contributed by atoms with E-state index >= 15 is 0 Å². The topological polar surface area (TPSA) is 115 Å². The van der Waals surface area contributed by atoms with Crippen LogP contribution in [0.3, 0.4) is 0 Å². The van der Waals surface area contributed by atoms with Gasteiger partial charge in [0.15, 0.2) is 5.13 Å². The number of hydrogen-bond donors (Lipinski definition) is 1. The molecule has 5 rings (SSSR count). The molecule has 1 aliphatic carbocycles. The summed E-state index contributed by atoms with van der Waals surface area (Å²) in [5.41, 5.74) is 0.752. The first kappa shape index (κ1) is 19.6. The van der Waals surface area contributed by atoms with Crippen LogP contribution in [0, 0.1) is 5.92 Å². The van der Waals surface area contributed by atoms with Gasteiger partial charge in [-0.05, 0) is 19.8 Å². The molecule has 3 aromatic rings. The van der Waals surface area contributed by atoms with Crippen LogP contribution in [0.25, 0.3) is 5.82 Å². The minimum Gasteiger partial charge on any atom is -0.465 e. The van der Waals surface area contributed by atoms with E-state index in [4.69, 9.17) is 4.74 Å². The van der Waals surface area contributed by atoms with E-state index in [2.05, 4.69) is 25.3 Å². The number of nitrogens with zero attached hydrogens (tertiary/aromatic N) is 6. The lowest BCUT2D eigenvalue weighted by Gasteiger charge is -2.38. The zero-order valence-electron chi connectivity index (χ0n) is 16.9. The molecule has 11 heteroatoms. The summed E-state index contributed by atoms with van der Waals surface area (Å²) < 4.78 is 6.95. The molecule has 31 heavy (non-hydrogen) atoms. The number of anilines is 2. The molecule has 3 aromatic heterocycles. The fraction of sp³-hybridized carbons (Fsp3) is 0.400. The first-order valence-corrected chi connectivity index (χ1v) is 11.0. The number of thiazole rings is 1. The normalized spacial score (nSPS) is 17.8. The minimum absolute atomic E-state index is 0.0692. The summed E-state index contributed by atoms with van der Waals surface area (Å²) in [4.78, 5) is 45.0. The Balaban J connectivity index is 1.19. The largest absolute Gasteiger partial charge is 0.465 e. The molecule has 4 heterocycles. The number of carbonyl (C=O) groups excluding carboxylic acids is 2. The zero-order valence-corrected chi connectivity index (χ0v) is 17.7. The number of nitrogens with one attached hydrogen (secondary N) is 1. The van der Waals surface area contributed by atoms with E-state index in [0.29, 0.717) is 24.8 Å². The third kappa shape index (κ3) is 3.76. The van der Waals surface area contributed by atoms with Gasteiger partial charge < -0.3 is 15.0 Å². The van der Waals surface area contributed by atoms with Crippen LogP contribution in [0.15, 0.2) is 31.1 Å². The van der Waals surface area contributed by atoms with Crippen LogP contribution in [-0.2, 0) is 20.7 Å². The molecular weight excluding hydrogens is 418 g/mol. The molecule has 2 aliphatic rings. The van der Waals surface area contributed by atoms with Gasteiger partial charge in [0.1, 0.15) is 30.2 Å². The van der Waals surface area contributed by atoms with Crippen LogP contribution in [0.2, 0.25) is 0 Å². The van der Waals surface area contributed by atoms with Crippen molar-refractivity contribution in [3.8, 4) is 5.82 Å². The van der Waals surface area contributed by atoms with E-state index in [1.165, 1.54) is 17.7 Å². The average Bonchev–Trinajstić information content (AvgIpc) is 3.44. The van der Waals surface area contributed by atoms with Gasteiger partial charge in [-0.1, -0.05) is 0 Å². The Morgan fingerprint density at radius 2 is 2.13 bits per heavy atom. The summed E-state index contributed by atoms with van der Waals surface area (Å²) in [6, 6.07) is 1.87. The van der Waals surface area contributed by atoms with Crippen LogP contribution < -0.4 is 10.2 Å². The maximum Gasteiger partial charge on any atom is 0.315 e. The molecule has 1 N–H and O–H groups in total. The highest BCUT2D eigenvalue weighted by molar-refractivity contribution is 7.16. The molecule has 1 atom stereocenters. The van der Waals surface area contributed by atoms with E-state index in [-0.39, 0.29) is 23.7 Å². The maximum absolute atomic E-state index is 12.7. The highest BCUT2D eigenvalue weighted by Gasteiger charge is 2.36. The second kappa shape index (κ2) is 8.06. The van der Waals surface area contributed by atoms with Crippen molar-refractivity contribution in [3.63, 3.8) is 0 Å². The van der Waals surface area contributed by atoms with Crippen molar-refractivity contribution < 1.29 is 14.3 Å². The molecule has 160 valence electrons. The van der Waals surface area contributed by atoms with Gasteiger partial charge in [0.25, 0.3) is 0 Å². The molecular formula is C20H21N7O3S. The standard InChI is InChI=1S/C20H21N7O3S/c1-2-30-19(29)13-3-4-14-17(13)24-20(31-14)25-18(28)12-8-27(9-12)16-7-15(22-10-23-16)26-6-5-21-11-26/h5-7,10-13H,2-4,8-9H2,1H3,(H,24,25,28). The summed E-state index contributed by atoms with van der Waals surface area (Å²) in [7, 11) is 0. The Hall–Kier alpha value is -3.34. The second-order valence-corrected chi connectivity index (χ2v) is 8.55. The molecule has 1 saturated heterocycles. The van der Waals surface area contributed by atoms with E-state index in [9.17, 15) is 9.59 Å². The lowest BCUT2D eigenvalue weighted by Crippen LogP contribution is -2.52. The third-order valence-corrected chi connectivity index (χ3v) is 6.55. The average molecular weight is 440 g/mol. The Bertz CT molecular complexity index is 1110. The van der Waals surface area contributed by atoms with E-state index in [1.54, 1.807) is 24.0 Å². The van der Waals surface area contributed by atoms with Crippen molar-refractivity contribution in [2.45, 2.75) is 25.7 Å². The first-order chi connectivity index (χ1) is 15.1. The fourth-order valence-corrected chi connectivity index (χ4v) is 4.88. The molecule has 10 nitrogen and oxygen atoms in total. The number of aryl methyl sites for hydroxylation is 1. The third-order valence-electron chi connectivity index (χ3n) is 5.50. The summed E-state index contributed by atoms with van der Waals surface area (Å²) in [6.07, 6.45) is 8.20. The smallest absolute Gasteiger partial charge is 0.315 e. The number of hydrogen-bond acceptors (Lipinski definition) is 9. The summed E-state index contributed by atoms with van der Waals surface area (Å²) >= 11 is 1.45. The van der Waals surface area contributed by atoms with E-state index in [0.717, 1.165) is 35.0 Å². The fourth-order valence-electron chi connectivity index (χ4n) is 3.84. The van der Waals surface area contributed by atoms with Gasteiger partial charge in [-0.2, -0.15) is 0 Å². The molecule has 0 aromatic carbocycles. The van der Waals surface area contributed by atoms with Gasteiger partial charge in [0.2, 0.25) is 5.91 Å². The number of imidazole rings is 1. The van der Waals surface area contributed by atoms with E-state index in [1.807, 2.05) is 17.2 Å². The summed E-state index contributed by atoms with van der Waals surface area (Å²) in [5, 5.41) is 3.46. The van der Waals surface area contributed by atoms with Gasteiger partial charge in [-0.3, -0.25) is 14.2 Å². The van der Waals surface area contributed by atoms with Crippen LogP contribution in [-0.4, -0.2) is 56.1 Å². The molecule has 0 bridgehead atoms. The Morgan fingerprint density at radius 3 is 2.90 bits per heavy atom. The monoisotopic (exact) mass is 439 g/mol. The van der Waals surface area contributed by atoms with Crippen LogP contribution >= 0.6 is 11.3 Å². The van der Waals surface area contributed by atoms with Crippen LogP contribution in [0.5, 0.6) is 0 Å². The van der Waals surface area contributed by atoms with Gasteiger partial charge in [0, 0.05) is 36.4 Å². The molecule has 1 aliphatic heterocycles. The lowest BCUT2D eigenvalue weighted by molar-refractivity contribution is -0.145. The number of carbonyl (C=O) groups is 2. The van der Waals surface area contributed by atoms with Crippen LogP contribution in [0.1, 0.15) is 29.8 Å². The molecule has 1 unspecified atom stereocenters. The van der Waals surface area contributed by atoms with Gasteiger partial charge in [0.05, 0.1) is 18.2 Å². The SMILES string of the molecule is CCOC(=O)C1CCc2sc(NC(=O)C3CN(c4cc(-n5ccnc5)ncn4)C3)nc21. The number of esters is 1. The van der Waals surface area contributed by atoms with Crippen molar-refractivity contribution in [3.05, 3.63) is 41.7 Å². The number of amides is 1. The summed E-state index contributed by atoms with van der Waals surface area (Å²) in [5.74, 6) is 0.723. The first-order valence-electron chi connectivity index (χ1n) is 10.1. The predicted molar refractivity (Wildman–Crippen MR) is 113 cm³/mol. The van der Waals surface area contributed by atoms with Crippen LogP contribution in [0.4, 0.5) is 10.9 Å². The second-order valence-electron chi connectivity index (χ2n) is 7.47. The van der Waals surface area contributed by atoms with Crippen molar-refractivity contribution in [1.29, 1.82) is 0 Å². The van der Waals surface area contributed by atoms with Crippen molar-refractivity contribution >= 4 is 34.2 Å². The number of rotatable bonds is 6. The highest BCUT2D eigenvalue weighted by atomic mass is 32.1. The quantitative estimate of drug-likeness (QED) is 0.578. The van der Waals surface area contributed by atoms with Gasteiger partial charge in [-0.25, -0.2) is 19.9 Å². The Morgan fingerprint density at radius 1 is 1.29 bits per heavy atom. The number of aromatic nitrogens is 5.